The minimum atomic E-state index is -0.876. The molecule has 2 N–H and O–H groups in total. The number of oxazole rings is 1. The number of benzene rings is 2. The summed E-state index contributed by atoms with van der Waals surface area (Å²) in [6.07, 6.45) is 7.39. The second-order valence-corrected chi connectivity index (χ2v) is 8.64. The number of ether oxygens (including phenoxy) is 1. The van der Waals surface area contributed by atoms with Gasteiger partial charge in [0.25, 0.3) is 0 Å². The third-order valence-corrected chi connectivity index (χ3v) is 5.89. The van der Waals surface area contributed by atoms with Crippen molar-refractivity contribution >= 4 is 18.0 Å². The van der Waals surface area contributed by atoms with Crippen LogP contribution in [0.4, 0.5) is 0 Å². The molecule has 2 aromatic heterocycles. The lowest BCUT2D eigenvalue weighted by molar-refractivity contribution is -0.137. The predicted molar refractivity (Wildman–Crippen MR) is 143 cm³/mol. The summed E-state index contributed by atoms with van der Waals surface area (Å²) < 4.78 is 11.8. The van der Waals surface area contributed by atoms with Crippen LogP contribution in [0.5, 0.6) is 5.75 Å². The molecule has 8 heteroatoms. The van der Waals surface area contributed by atoms with E-state index in [1.807, 2.05) is 55.5 Å². The predicted octanol–water partition coefficient (Wildman–Crippen LogP) is 5.01. The minimum Gasteiger partial charge on any atom is -0.493 e. The highest BCUT2D eigenvalue weighted by Gasteiger charge is 2.12. The number of hydrogen-bond donors (Lipinski definition) is 2. The highest BCUT2D eigenvalue weighted by molar-refractivity contribution is 5.91. The van der Waals surface area contributed by atoms with E-state index in [0.29, 0.717) is 31.1 Å². The van der Waals surface area contributed by atoms with Gasteiger partial charge in [-0.1, -0.05) is 24.3 Å². The highest BCUT2D eigenvalue weighted by atomic mass is 16.5. The van der Waals surface area contributed by atoms with Crippen molar-refractivity contribution in [2.24, 2.45) is 0 Å². The number of rotatable bonds is 12. The van der Waals surface area contributed by atoms with E-state index in [1.54, 1.807) is 30.6 Å². The molecule has 4 aromatic rings. The fourth-order valence-corrected chi connectivity index (χ4v) is 3.86. The number of amides is 1. The number of nitrogens with one attached hydrogen (secondary N) is 1. The largest absolute Gasteiger partial charge is 0.493 e. The third kappa shape index (κ3) is 7.64. The summed E-state index contributed by atoms with van der Waals surface area (Å²) in [7, 11) is 0. The number of carbonyl (C=O) groups excluding carboxylic acids is 1. The molecule has 0 saturated heterocycles. The Morgan fingerprint density at radius 3 is 2.58 bits per heavy atom. The van der Waals surface area contributed by atoms with E-state index in [-0.39, 0.29) is 18.9 Å². The number of aromatic nitrogens is 2. The molecule has 2 heterocycles. The maximum absolute atomic E-state index is 12.4. The number of carboxylic acids is 1. The summed E-state index contributed by atoms with van der Waals surface area (Å²) in [5.41, 5.74) is 4.26. The molecule has 8 nitrogen and oxygen atoms in total. The van der Waals surface area contributed by atoms with Gasteiger partial charge >= 0.3 is 5.97 Å². The van der Waals surface area contributed by atoms with Crippen molar-refractivity contribution in [3.63, 3.8) is 0 Å². The molecule has 0 spiro atoms. The number of nitrogens with zero attached hydrogens (tertiary/aromatic N) is 2. The summed E-state index contributed by atoms with van der Waals surface area (Å²) in [4.78, 5) is 32.0. The number of aliphatic carboxylic acids is 1. The number of hydrogen-bond acceptors (Lipinski definition) is 6. The van der Waals surface area contributed by atoms with Gasteiger partial charge in [0, 0.05) is 43.4 Å². The van der Waals surface area contributed by atoms with Crippen molar-refractivity contribution in [2.45, 2.75) is 32.7 Å². The summed E-state index contributed by atoms with van der Waals surface area (Å²) in [6.45, 7) is 2.51. The van der Waals surface area contributed by atoms with E-state index in [2.05, 4.69) is 15.3 Å². The fraction of sp³-hybridized carbons (Fsp3) is 0.200. The summed E-state index contributed by atoms with van der Waals surface area (Å²) in [5.74, 6) is 0.827. The Balaban J connectivity index is 1.38. The first-order chi connectivity index (χ1) is 18.5. The van der Waals surface area contributed by atoms with E-state index in [0.717, 1.165) is 33.7 Å². The molecule has 0 saturated carbocycles. The second-order valence-electron chi connectivity index (χ2n) is 8.64. The zero-order valence-electron chi connectivity index (χ0n) is 21.1. The summed E-state index contributed by atoms with van der Waals surface area (Å²) in [5, 5.41) is 12.0. The third-order valence-electron chi connectivity index (χ3n) is 5.89. The maximum atomic E-state index is 12.4. The molecule has 1 amide bonds. The van der Waals surface area contributed by atoms with Crippen LogP contribution in [0.2, 0.25) is 0 Å². The molecule has 4 rings (SSSR count). The van der Waals surface area contributed by atoms with Crippen molar-refractivity contribution in [1.82, 2.24) is 15.3 Å². The monoisotopic (exact) mass is 511 g/mol. The van der Waals surface area contributed by atoms with Gasteiger partial charge < -0.3 is 19.6 Å². The van der Waals surface area contributed by atoms with Crippen LogP contribution in [-0.2, 0) is 29.0 Å². The molecule has 2 aromatic carbocycles. The molecule has 0 fully saturated rings. The second kappa shape index (κ2) is 13.0. The van der Waals surface area contributed by atoms with Crippen molar-refractivity contribution in [3.05, 3.63) is 107 Å². The van der Waals surface area contributed by atoms with Gasteiger partial charge in [0.05, 0.1) is 12.3 Å². The lowest BCUT2D eigenvalue weighted by Crippen LogP contribution is -2.21. The zero-order chi connectivity index (χ0) is 26.7. The Morgan fingerprint density at radius 1 is 1.03 bits per heavy atom. The van der Waals surface area contributed by atoms with Gasteiger partial charge in [-0.3, -0.25) is 14.6 Å². The van der Waals surface area contributed by atoms with E-state index in [1.165, 1.54) is 6.08 Å². The average Bonchev–Trinajstić information content (AvgIpc) is 3.31. The molecule has 0 atom stereocenters. The standard InChI is InChI=1S/C30H29N3O5/c1-21-27(33-30(38-21)24-5-3-2-4-6-24)15-18-37-26-10-8-23(9-12-29(35)36)25(19-26)20-32-28(34)11-7-22-13-16-31-17-14-22/h2-8,10-11,13-14,16-17,19H,9,12,15,18,20H2,1H3,(H,32,34)(H,35,36)/b11-7+. The maximum Gasteiger partial charge on any atom is 0.303 e. The normalized spacial score (nSPS) is 11.0. The zero-order valence-corrected chi connectivity index (χ0v) is 21.1. The van der Waals surface area contributed by atoms with Gasteiger partial charge in [-0.15, -0.1) is 0 Å². The van der Waals surface area contributed by atoms with Crippen LogP contribution in [0.3, 0.4) is 0 Å². The molecule has 194 valence electrons. The van der Waals surface area contributed by atoms with Crippen molar-refractivity contribution in [1.29, 1.82) is 0 Å². The topological polar surface area (TPSA) is 115 Å². The number of aryl methyl sites for hydroxylation is 2. The van der Waals surface area contributed by atoms with Crippen LogP contribution in [-0.4, -0.2) is 33.6 Å². The van der Waals surface area contributed by atoms with Crippen LogP contribution in [0.15, 0.2) is 83.6 Å². The molecule has 38 heavy (non-hydrogen) atoms. The van der Waals surface area contributed by atoms with Crippen LogP contribution in [0.25, 0.3) is 17.5 Å². The first kappa shape index (κ1) is 26.3. The van der Waals surface area contributed by atoms with Gasteiger partial charge in [0.15, 0.2) is 0 Å². The fourth-order valence-electron chi connectivity index (χ4n) is 3.86. The Kier molecular flexibility index (Phi) is 9.02. The number of carboxylic acid groups (broad SMARTS) is 1. The SMILES string of the molecule is Cc1oc(-c2ccccc2)nc1CCOc1ccc(CCC(=O)O)c(CNC(=O)/C=C/c2ccncc2)c1. The smallest absolute Gasteiger partial charge is 0.303 e. The van der Waals surface area contributed by atoms with Crippen LogP contribution >= 0.6 is 0 Å². The first-order valence-corrected chi connectivity index (χ1v) is 12.3. The minimum absolute atomic E-state index is 0.00171. The Morgan fingerprint density at radius 2 is 1.82 bits per heavy atom. The molecule has 0 aliphatic heterocycles. The van der Waals surface area contributed by atoms with Gasteiger partial charge in [0.1, 0.15) is 11.5 Å². The van der Waals surface area contributed by atoms with Crippen molar-refractivity contribution in [3.8, 4) is 17.2 Å². The molecule has 0 bridgehead atoms. The quantitative estimate of drug-likeness (QED) is 0.257. The first-order valence-electron chi connectivity index (χ1n) is 12.3. The molecular weight excluding hydrogens is 482 g/mol. The molecule has 0 aliphatic rings. The molecular formula is C30H29N3O5. The van der Waals surface area contributed by atoms with Gasteiger partial charge in [0.2, 0.25) is 11.8 Å². The lowest BCUT2D eigenvalue weighted by Gasteiger charge is -2.13. The number of carbonyl (C=O) groups is 2. The Hall–Kier alpha value is -4.72. The van der Waals surface area contributed by atoms with Gasteiger partial charge in [-0.2, -0.15) is 0 Å². The molecule has 0 radical (unpaired) electrons. The Labute approximate surface area is 221 Å². The van der Waals surface area contributed by atoms with Crippen LogP contribution in [0.1, 0.15) is 34.6 Å². The highest BCUT2D eigenvalue weighted by Crippen LogP contribution is 2.23. The van der Waals surface area contributed by atoms with E-state index in [9.17, 15) is 9.59 Å². The van der Waals surface area contributed by atoms with Crippen molar-refractivity contribution in [2.75, 3.05) is 6.61 Å². The van der Waals surface area contributed by atoms with E-state index < -0.39 is 5.97 Å². The lowest BCUT2D eigenvalue weighted by atomic mass is 10.0. The van der Waals surface area contributed by atoms with E-state index in [4.69, 9.17) is 14.3 Å². The number of pyridine rings is 1. The van der Waals surface area contributed by atoms with Gasteiger partial charge in [-0.25, -0.2) is 4.98 Å². The van der Waals surface area contributed by atoms with Crippen LogP contribution < -0.4 is 10.1 Å². The summed E-state index contributed by atoms with van der Waals surface area (Å²) >= 11 is 0. The summed E-state index contributed by atoms with van der Waals surface area (Å²) in [6, 6.07) is 18.8. The molecule has 0 aliphatic carbocycles. The van der Waals surface area contributed by atoms with Crippen LogP contribution in [0, 0.1) is 6.92 Å². The van der Waals surface area contributed by atoms with E-state index >= 15 is 0 Å². The Bertz CT molecular complexity index is 1400. The average molecular weight is 512 g/mol. The van der Waals surface area contributed by atoms with Crippen molar-refractivity contribution < 1.29 is 23.8 Å². The molecule has 0 unspecified atom stereocenters. The van der Waals surface area contributed by atoms with Gasteiger partial charge in [-0.05, 0) is 72.5 Å².